The zero-order valence-corrected chi connectivity index (χ0v) is 9.31. The number of ether oxygens (including phenoxy) is 1. The number of hydrogen-bond acceptors (Lipinski definition) is 2. The molecule has 2 aromatic carbocycles. The zero-order valence-electron chi connectivity index (χ0n) is 9.31. The summed E-state index contributed by atoms with van der Waals surface area (Å²) in [5, 5.41) is 0. The Morgan fingerprint density at radius 1 is 1.12 bits per heavy atom. The normalized spacial score (nSPS) is 10.0. The molecule has 0 aliphatic carbocycles. The van der Waals surface area contributed by atoms with E-state index < -0.39 is 5.82 Å². The molecule has 0 spiro atoms. The zero-order chi connectivity index (χ0) is 12.3. The van der Waals surface area contributed by atoms with E-state index in [-0.39, 0.29) is 5.75 Å². The van der Waals surface area contributed by atoms with Crippen molar-refractivity contribution in [2.45, 2.75) is 6.92 Å². The number of rotatable bonds is 3. The molecule has 0 atom stereocenters. The maximum atomic E-state index is 13.4. The van der Waals surface area contributed by atoms with Gasteiger partial charge < -0.3 is 4.74 Å². The van der Waals surface area contributed by atoms with Gasteiger partial charge in [-0.25, -0.2) is 4.39 Å². The fourth-order valence-corrected chi connectivity index (χ4v) is 1.45. The van der Waals surface area contributed by atoms with Crippen LogP contribution in [0.25, 0.3) is 0 Å². The van der Waals surface area contributed by atoms with Gasteiger partial charge >= 0.3 is 0 Å². The molecule has 0 saturated heterocycles. The van der Waals surface area contributed by atoms with Gasteiger partial charge in [0.25, 0.3) is 0 Å². The minimum absolute atomic E-state index is 0.152. The van der Waals surface area contributed by atoms with E-state index in [9.17, 15) is 9.18 Å². The van der Waals surface area contributed by atoms with Crippen molar-refractivity contribution in [3.05, 3.63) is 59.4 Å². The molecule has 86 valence electrons. The highest BCUT2D eigenvalue weighted by atomic mass is 19.1. The van der Waals surface area contributed by atoms with Gasteiger partial charge in [-0.3, -0.25) is 4.79 Å². The third kappa shape index (κ3) is 2.50. The fourth-order valence-electron chi connectivity index (χ4n) is 1.45. The predicted octanol–water partition coefficient (Wildman–Crippen LogP) is 3.74. The molecule has 0 fully saturated rings. The van der Waals surface area contributed by atoms with Crippen LogP contribution in [0.1, 0.15) is 15.9 Å². The van der Waals surface area contributed by atoms with Crippen LogP contribution in [0.5, 0.6) is 11.5 Å². The molecule has 17 heavy (non-hydrogen) atoms. The van der Waals surface area contributed by atoms with Crippen molar-refractivity contribution in [2.24, 2.45) is 0 Å². The van der Waals surface area contributed by atoms with E-state index >= 15 is 0 Å². The van der Waals surface area contributed by atoms with E-state index in [4.69, 9.17) is 4.74 Å². The first-order valence-corrected chi connectivity index (χ1v) is 5.19. The summed E-state index contributed by atoms with van der Waals surface area (Å²) >= 11 is 0. The van der Waals surface area contributed by atoms with Crippen LogP contribution in [-0.4, -0.2) is 6.29 Å². The summed E-state index contributed by atoms with van der Waals surface area (Å²) in [6.07, 6.45) is 0.730. The van der Waals surface area contributed by atoms with Crippen molar-refractivity contribution < 1.29 is 13.9 Å². The van der Waals surface area contributed by atoms with Crippen LogP contribution in [-0.2, 0) is 0 Å². The van der Waals surface area contributed by atoms with Crippen molar-refractivity contribution in [2.75, 3.05) is 0 Å². The van der Waals surface area contributed by atoms with E-state index in [2.05, 4.69) is 0 Å². The van der Waals surface area contributed by atoms with Gasteiger partial charge in [-0.2, -0.15) is 0 Å². The van der Waals surface area contributed by atoms with E-state index in [1.807, 2.05) is 6.92 Å². The quantitative estimate of drug-likeness (QED) is 0.751. The summed E-state index contributed by atoms with van der Waals surface area (Å²) in [6.45, 7) is 1.84. The lowest BCUT2D eigenvalue weighted by Crippen LogP contribution is -1.92. The standard InChI is InChI=1S/C14H11FO2/c1-10-6-7-11(9-16)8-14(10)17-13-5-3-2-4-12(13)15/h2-9H,1H3. The Labute approximate surface area is 98.7 Å². The number of benzene rings is 2. The molecule has 0 bridgehead atoms. The van der Waals surface area contributed by atoms with Crippen LogP contribution >= 0.6 is 0 Å². The average molecular weight is 230 g/mol. The lowest BCUT2D eigenvalue weighted by Gasteiger charge is -2.09. The Balaban J connectivity index is 2.36. The number of carbonyl (C=O) groups is 1. The lowest BCUT2D eigenvalue weighted by molar-refractivity contribution is 0.112. The third-order valence-electron chi connectivity index (χ3n) is 2.40. The maximum Gasteiger partial charge on any atom is 0.165 e. The van der Waals surface area contributed by atoms with Gasteiger partial charge in [0.2, 0.25) is 0 Å². The van der Waals surface area contributed by atoms with E-state index in [0.29, 0.717) is 11.3 Å². The molecular formula is C14H11FO2. The Morgan fingerprint density at radius 3 is 2.59 bits per heavy atom. The van der Waals surface area contributed by atoms with Gasteiger partial charge in [0.1, 0.15) is 12.0 Å². The van der Waals surface area contributed by atoms with Crippen molar-refractivity contribution in [1.29, 1.82) is 0 Å². The second-order valence-corrected chi connectivity index (χ2v) is 3.68. The van der Waals surface area contributed by atoms with Gasteiger partial charge in [-0.15, -0.1) is 0 Å². The highest BCUT2D eigenvalue weighted by Gasteiger charge is 2.06. The van der Waals surface area contributed by atoms with Gasteiger partial charge in [0, 0.05) is 5.56 Å². The number of carbonyl (C=O) groups excluding carboxylic acids is 1. The first kappa shape index (κ1) is 11.3. The minimum Gasteiger partial charge on any atom is -0.454 e. The van der Waals surface area contributed by atoms with Gasteiger partial charge in [0.15, 0.2) is 11.6 Å². The summed E-state index contributed by atoms with van der Waals surface area (Å²) in [5.74, 6) is 0.210. The number of hydrogen-bond donors (Lipinski definition) is 0. The van der Waals surface area contributed by atoms with E-state index in [0.717, 1.165) is 11.8 Å². The molecule has 2 rings (SSSR count). The second kappa shape index (κ2) is 4.78. The number of para-hydroxylation sites is 1. The molecule has 0 aliphatic rings. The van der Waals surface area contributed by atoms with Crippen LogP contribution in [0.15, 0.2) is 42.5 Å². The summed E-state index contributed by atoms with van der Waals surface area (Å²) in [5.41, 5.74) is 1.35. The van der Waals surface area contributed by atoms with Crippen LogP contribution in [0.4, 0.5) is 4.39 Å². The molecular weight excluding hydrogens is 219 g/mol. The molecule has 0 unspecified atom stereocenters. The van der Waals surface area contributed by atoms with Crippen LogP contribution < -0.4 is 4.74 Å². The fraction of sp³-hybridized carbons (Fsp3) is 0.0714. The number of halogens is 1. The van der Waals surface area contributed by atoms with Crippen molar-refractivity contribution in [3.8, 4) is 11.5 Å². The molecule has 0 aromatic heterocycles. The van der Waals surface area contributed by atoms with Gasteiger partial charge in [-0.05, 0) is 30.7 Å². The smallest absolute Gasteiger partial charge is 0.165 e. The third-order valence-corrected chi connectivity index (χ3v) is 2.40. The van der Waals surface area contributed by atoms with Gasteiger partial charge in [-0.1, -0.05) is 24.3 Å². The van der Waals surface area contributed by atoms with Crippen molar-refractivity contribution in [3.63, 3.8) is 0 Å². The molecule has 2 aromatic rings. The predicted molar refractivity (Wildman–Crippen MR) is 63.0 cm³/mol. The van der Waals surface area contributed by atoms with Gasteiger partial charge in [0.05, 0.1) is 0 Å². The highest BCUT2D eigenvalue weighted by Crippen LogP contribution is 2.27. The molecule has 0 saturated carbocycles. The topological polar surface area (TPSA) is 26.3 Å². The molecule has 0 amide bonds. The largest absolute Gasteiger partial charge is 0.454 e. The summed E-state index contributed by atoms with van der Waals surface area (Å²) in [4.78, 5) is 10.7. The lowest BCUT2D eigenvalue weighted by atomic mass is 10.1. The summed E-state index contributed by atoms with van der Waals surface area (Å²) in [7, 11) is 0. The Bertz CT molecular complexity index is 550. The Kier molecular flexibility index (Phi) is 3.19. The van der Waals surface area contributed by atoms with E-state index in [1.54, 1.807) is 36.4 Å². The average Bonchev–Trinajstić information content (AvgIpc) is 2.35. The summed E-state index contributed by atoms with van der Waals surface area (Å²) in [6, 6.07) is 11.2. The minimum atomic E-state index is -0.427. The van der Waals surface area contributed by atoms with Crippen molar-refractivity contribution >= 4 is 6.29 Å². The first-order valence-electron chi connectivity index (χ1n) is 5.19. The van der Waals surface area contributed by atoms with Crippen LogP contribution in [0.3, 0.4) is 0 Å². The summed E-state index contributed by atoms with van der Waals surface area (Å²) < 4.78 is 18.8. The highest BCUT2D eigenvalue weighted by molar-refractivity contribution is 5.75. The molecule has 2 nitrogen and oxygen atoms in total. The monoisotopic (exact) mass is 230 g/mol. The van der Waals surface area contributed by atoms with E-state index in [1.165, 1.54) is 6.07 Å². The van der Waals surface area contributed by atoms with Crippen molar-refractivity contribution in [1.82, 2.24) is 0 Å². The van der Waals surface area contributed by atoms with Crippen LogP contribution in [0, 0.1) is 12.7 Å². The molecule has 0 heterocycles. The number of aryl methyl sites for hydroxylation is 1. The molecule has 0 radical (unpaired) electrons. The van der Waals surface area contributed by atoms with Crippen LogP contribution in [0.2, 0.25) is 0 Å². The maximum absolute atomic E-state index is 13.4. The second-order valence-electron chi connectivity index (χ2n) is 3.68. The Morgan fingerprint density at radius 2 is 1.88 bits per heavy atom. The molecule has 0 aliphatic heterocycles. The number of aldehydes is 1. The first-order chi connectivity index (χ1) is 8.20. The Hall–Kier alpha value is -2.16. The molecule has 3 heteroatoms. The molecule has 0 N–H and O–H groups in total. The SMILES string of the molecule is Cc1ccc(C=O)cc1Oc1ccccc1F.